The molecule has 0 aromatic heterocycles. The minimum Gasteiger partial charge on any atom is -0.298 e. The number of nitro benzene ring substituents is 1. The van der Waals surface area contributed by atoms with Gasteiger partial charge in [0.15, 0.2) is 0 Å². The van der Waals surface area contributed by atoms with Crippen molar-refractivity contribution in [2.75, 3.05) is 26.2 Å². The van der Waals surface area contributed by atoms with Gasteiger partial charge in [-0.1, -0.05) is 18.2 Å². The molecule has 0 amide bonds. The standard InChI is InChI=1S/C19H20N4O4S/c20-14-16-5-7-17(8-6-16)15-21-9-2-10-22(12-11-21)28(26,27)19-4-1-3-18(13-19)23(24)25/h1,3-8,13H,2,9-12,15H2. The van der Waals surface area contributed by atoms with E-state index in [4.69, 9.17) is 5.26 Å². The molecule has 0 unspecified atom stereocenters. The molecule has 1 aliphatic rings. The zero-order valence-corrected chi connectivity index (χ0v) is 16.0. The van der Waals surface area contributed by atoms with Crippen molar-refractivity contribution in [1.82, 2.24) is 9.21 Å². The Kier molecular flexibility index (Phi) is 6.04. The maximum absolute atomic E-state index is 12.9. The summed E-state index contributed by atoms with van der Waals surface area (Å²) >= 11 is 0. The Hall–Kier alpha value is -2.80. The van der Waals surface area contributed by atoms with Crippen molar-refractivity contribution in [3.05, 3.63) is 69.8 Å². The Morgan fingerprint density at radius 3 is 2.50 bits per heavy atom. The van der Waals surface area contributed by atoms with E-state index in [1.54, 1.807) is 12.1 Å². The molecule has 0 atom stereocenters. The Morgan fingerprint density at radius 1 is 1.07 bits per heavy atom. The van der Waals surface area contributed by atoms with Gasteiger partial charge in [-0.25, -0.2) is 8.42 Å². The molecular formula is C19H20N4O4S. The van der Waals surface area contributed by atoms with E-state index in [1.165, 1.54) is 22.5 Å². The van der Waals surface area contributed by atoms with E-state index in [-0.39, 0.29) is 10.6 Å². The van der Waals surface area contributed by atoms with Crippen molar-refractivity contribution in [2.24, 2.45) is 0 Å². The zero-order valence-electron chi connectivity index (χ0n) is 15.2. The molecule has 0 spiro atoms. The minimum absolute atomic E-state index is 0.0535. The molecule has 1 fully saturated rings. The van der Waals surface area contributed by atoms with Crippen LogP contribution in [0.3, 0.4) is 0 Å². The second-order valence-corrected chi connectivity index (χ2v) is 8.53. The first-order chi connectivity index (χ1) is 13.4. The van der Waals surface area contributed by atoms with Crippen molar-refractivity contribution >= 4 is 15.7 Å². The molecule has 1 heterocycles. The highest BCUT2D eigenvalue weighted by molar-refractivity contribution is 7.89. The Balaban J connectivity index is 1.69. The van der Waals surface area contributed by atoms with Crippen molar-refractivity contribution in [2.45, 2.75) is 17.9 Å². The monoisotopic (exact) mass is 400 g/mol. The summed E-state index contributed by atoms with van der Waals surface area (Å²) in [5.74, 6) is 0. The molecule has 0 bridgehead atoms. The number of benzene rings is 2. The lowest BCUT2D eigenvalue weighted by molar-refractivity contribution is -0.385. The summed E-state index contributed by atoms with van der Waals surface area (Å²) in [6, 6.07) is 14.6. The highest BCUT2D eigenvalue weighted by Gasteiger charge is 2.28. The molecule has 1 saturated heterocycles. The fourth-order valence-electron chi connectivity index (χ4n) is 3.20. The van der Waals surface area contributed by atoms with Crippen LogP contribution in [-0.4, -0.2) is 48.7 Å². The highest BCUT2D eigenvalue weighted by Crippen LogP contribution is 2.22. The van der Waals surface area contributed by atoms with Crippen LogP contribution < -0.4 is 0 Å². The average Bonchev–Trinajstić information content (AvgIpc) is 2.95. The number of nitriles is 1. The van der Waals surface area contributed by atoms with Crippen molar-refractivity contribution in [3.8, 4) is 6.07 Å². The quantitative estimate of drug-likeness (QED) is 0.563. The highest BCUT2D eigenvalue weighted by atomic mass is 32.2. The molecule has 2 aromatic carbocycles. The third kappa shape index (κ3) is 4.54. The SMILES string of the molecule is N#Cc1ccc(CN2CCCN(S(=O)(=O)c3cccc([N+](=O)[O-])c3)CC2)cc1. The Bertz CT molecular complexity index is 999. The van der Waals surface area contributed by atoms with Gasteiger partial charge in [0.2, 0.25) is 10.0 Å². The number of hydrogen-bond donors (Lipinski definition) is 0. The van der Waals surface area contributed by atoms with Crippen LogP contribution in [0.15, 0.2) is 53.4 Å². The molecule has 0 radical (unpaired) electrons. The summed E-state index contributed by atoms with van der Waals surface area (Å²) in [6.07, 6.45) is 0.671. The van der Waals surface area contributed by atoms with Gasteiger partial charge in [0.25, 0.3) is 5.69 Å². The predicted molar refractivity (Wildman–Crippen MR) is 103 cm³/mol. The molecule has 9 heteroatoms. The first kappa shape index (κ1) is 19.9. The number of nitro groups is 1. The Labute approximate surface area is 163 Å². The first-order valence-corrected chi connectivity index (χ1v) is 10.3. The van der Waals surface area contributed by atoms with Crippen LogP contribution >= 0.6 is 0 Å². The van der Waals surface area contributed by atoms with Gasteiger partial charge < -0.3 is 0 Å². The number of non-ortho nitro benzene ring substituents is 1. The molecule has 28 heavy (non-hydrogen) atoms. The largest absolute Gasteiger partial charge is 0.298 e. The average molecular weight is 400 g/mol. The first-order valence-electron chi connectivity index (χ1n) is 8.86. The van der Waals surface area contributed by atoms with Gasteiger partial charge in [-0.2, -0.15) is 9.57 Å². The maximum atomic E-state index is 12.9. The molecule has 0 aliphatic carbocycles. The van der Waals surface area contributed by atoms with Gasteiger partial charge in [0.05, 0.1) is 21.5 Å². The van der Waals surface area contributed by atoms with Gasteiger partial charge in [-0.3, -0.25) is 15.0 Å². The van der Waals surface area contributed by atoms with Crippen molar-refractivity contribution < 1.29 is 13.3 Å². The molecular weight excluding hydrogens is 380 g/mol. The molecule has 1 aliphatic heterocycles. The van der Waals surface area contributed by atoms with Crippen molar-refractivity contribution in [3.63, 3.8) is 0 Å². The summed E-state index contributed by atoms with van der Waals surface area (Å²) in [5, 5.41) is 19.8. The second kappa shape index (κ2) is 8.48. The molecule has 8 nitrogen and oxygen atoms in total. The molecule has 0 saturated carbocycles. The van der Waals surface area contributed by atoms with E-state index in [0.29, 0.717) is 38.2 Å². The van der Waals surface area contributed by atoms with Crippen LogP contribution in [-0.2, 0) is 16.6 Å². The topological polar surface area (TPSA) is 108 Å². The van der Waals surface area contributed by atoms with Crippen LogP contribution in [0.25, 0.3) is 0 Å². The van der Waals surface area contributed by atoms with Crippen molar-refractivity contribution in [1.29, 1.82) is 5.26 Å². The summed E-state index contributed by atoms with van der Waals surface area (Å²) in [4.78, 5) is 12.5. The number of hydrogen-bond acceptors (Lipinski definition) is 6. The third-order valence-corrected chi connectivity index (χ3v) is 6.60. The maximum Gasteiger partial charge on any atom is 0.270 e. The van der Waals surface area contributed by atoms with Crippen LogP contribution in [0.5, 0.6) is 0 Å². The molecule has 2 aromatic rings. The number of nitrogens with zero attached hydrogens (tertiary/aromatic N) is 4. The van der Waals surface area contributed by atoms with Gasteiger partial charge >= 0.3 is 0 Å². The molecule has 0 N–H and O–H groups in total. The van der Waals surface area contributed by atoms with E-state index in [1.807, 2.05) is 12.1 Å². The summed E-state index contributed by atoms with van der Waals surface area (Å²) < 4.78 is 27.2. The predicted octanol–water partition coefficient (Wildman–Crippen LogP) is 2.36. The number of rotatable bonds is 5. The van der Waals surface area contributed by atoms with E-state index in [9.17, 15) is 18.5 Å². The Morgan fingerprint density at radius 2 is 1.82 bits per heavy atom. The van der Waals surface area contributed by atoms with E-state index in [0.717, 1.165) is 18.2 Å². The lowest BCUT2D eigenvalue weighted by Gasteiger charge is -2.21. The van der Waals surface area contributed by atoms with E-state index >= 15 is 0 Å². The fraction of sp³-hybridized carbons (Fsp3) is 0.316. The molecule has 146 valence electrons. The van der Waals surface area contributed by atoms with Gasteiger partial charge in [0.1, 0.15) is 0 Å². The smallest absolute Gasteiger partial charge is 0.270 e. The third-order valence-electron chi connectivity index (χ3n) is 4.70. The normalized spacial score (nSPS) is 16.2. The summed E-state index contributed by atoms with van der Waals surface area (Å²) in [5.41, 5.74) is 1.43. The van der Waals surface area contributed by atoms with Crippen LogP contribution in [0.1, 0.15) is 17.5 Å². The summed E-state index contributed by atoms with van der Waals surface area (Å²) in [7, 11) is -3.78. The van der Waals surface area contributed by atoms with Gasteiger partial charge in [0, 0.05) is 38.3 Å². The van der Waals surface area contributed by atoms with Crippen LogP contribution in [0.2, 0.25) is 0 Å². The van der Waals surface area contributed by atoms with Gasteiger partial charge in [-0.05, 0) is 36.7 Å². The molecule has 3 rings (SSSR count). The zero-order chi connectivity index (χ0) is 20.1. The minimum atomic E-state index is -3.78. The van der Waals surface area contributed by atoms with Gasteiger partial charge in [-0.15, -0.1) is 0 Å². The van der Waals surface area contributed by atoms with Crippen LogP contribution in [0, 0.1) is 21.4 Å². The fourth-order valence-corrected chi connectivity index (χ4v) is 4.71. The van der Waals surface area contributed by atoms with E-state index < -0.39 is 14.9 Å². The second-order valence-electron chi connectivity index (χ2n) is 6.60. The van der Waals surface area contributed by atoms with Crippen LogP contribution in [0.4, 0.5) is 5.69 Å². The lowest BCUT2D eigenvalue weighted by atomic mass is 10.1. The summed E-state index contributed by atoms with van der Waals surface area (Å²) in [6.45, 7) is 2.68. The van der Waals surface area contributed by atoms with E-state index in [2.05, 4.69) is 11.0 Å². The lowest BCUT2D eigenvalue weighted by Crippen LogP contribution is -2.35. The number of sulfonamides is 1.